The van der Waals surface area contributed by atoms with Crippen LogP contribution in [0.1, 0.15) is 16.7 Å². The summed E-state index contributed by atoms with van der Waals surface area (Å²) in [6.45, 7) is 4.68. The highest BCUT2D eigenvalue weighted by molar-refractivity contribution is 5.91. The summed E-state index contributed by atoms with van der Waals surface area (Å²) in [6, 6.07) is 13.8. The molecule has 5 heteroatoms. The van der Waals surface area contributed by atoms with Crippen LogP contribution in [0.3, 0.4) is 0 Å². The second-order valence-electron chi connectivity index (χ2n) is 6.39. The van der Waals surface area contributed by atoms with E-state index in [2.05, 4.69) is 16.5 Å². The molecule has 0 aliphatic carbocycles. The van der Waals surface area contributed by atoms with Crippen molar-refractivity contribution in [3.8, 4) is 17.0 Å². The first kappa shape index (κ1) is 15.4. The predicted molar refractivity (Wildman–Crippen MR) is 96.5 cm³/mol. The van der Waals surface area contributed by atoms with Crippen LogP contribution in [0.5, 0.6) is 5.75 Å². The molecule has 25 heavy (non-hydrogen) atoms. The highest BCUT2D eigenvalue weighted by atomic mass is 16.5. The van der Waals surface area contributed by atoms with Gasteiger partial charge in [0.2, 0.25) is 5.91 Å². The minimum absolute atomic E-state index is 0.0973. The van der Waals surface area contributed by atoms with Crippen molar-refractivity contribution in [3.63, 3.8) is 0 Å². The number of benzene rings is 2. The van der Waals surface area contributed by atoms with Crippen LogP contribution < -0.4 is 10.1 Å². The summed E-state index contributed by atoms with van der Waals surface area (Å²) < 4.78 is 7.48. The maximum absolute atomic E-state index is 12.5. The number of para-hydroxylation sites is 1. The van der Waals surface area contributed by atoms with Crippen molar-refractivity contribution in [3.05, 3.63) is 65.4 Å². The number of ether oxygens (including phenoxy) is 1. The molecule has 4 rings (SSSR count). The third-order valence-corrected chi connectivity index (χ3v) is 4.24. The van der Waals surface area contributed by atoms with Gasteiger partial charge >= 0.3 is 0 Å². The van der Waals surface area contributed by atoms with Crippen molar-refractivity contribution in [2.45, 2.75) is 27.0 Å². The van der Waals surface area contributed by atoms with Crippen molar-refractivity contribution in [2.75, 3.05) is 5.32 Å². The van der Waals surface area contributed by atoms with Crippen LogP contribution in [0.25, 0.3) is 11.3 Å². The number of fused-ring (bicyclic) bond motifs is 3. The first-order chi connectivity index (χ1) is 12.1. The highest BCUT2D eigenvalue weighted by Gasteiger charge is 2.22. The Balaban J connectivity index is 1.59. The molecule has 3 aromatic rings. The monoisotopic (exact) mass is 333 g/mol. The third kappa shape index (κ3) is 3.01. The van der Waals surface area contributed by atoms with Gasteiger partial charge in [-0.2, -0.15) is 5.10 Å². The Labute approximate surface area is 146 Å². The number of carbonyl (C=O) groups excluding carboxylic acids is 1. The number of carbonyl (C=O) groups is 1. The van der Waals surface area contributed by atoms with Gasteiger partial charge in [0, 0.05) is 16.8 Å². The Bertz CT molecular complexity index is 939. The van der Waals surface area contributed by atoms with Crippen molar-refractivity contribution >= 4 is 11.6 Å². The molecule has 126 valence electrons. The number of hydrogen-bond donors (Lipinski definition) is 1. The summed E-state index contributed by atoms with van der Waals surface area (Å²) in [7, 11) is 0. The fourth-order valence-corrected chi connectivity index (χ4v) is 3.29. The minimum atomic E-state index is -0.0973. The number of anilines is 1. The van der Waals surface area contributed by atoms with E-state index >= 15 is 0 Å². The van der Waals surface area contributed by atoms with Crippen molar-refractivity contribution < 1.29 is 9.53 Å². The Morgan fingerprint density at radius 1 is 1.20 bits per heavy atom. The molecule has 1 aromatic heterocycles. The molecule has 2 aromatic carbocycles. The summed E-state index contributed by atoms with van der Waals surface area (Å²) in [4.78, 5) is 12.5. The maximum Gasteiger partial charge on any atom is 0.246 e. The van der Waals surface area contributed by atoms with E-state index in [1.807, 2.05) is 50.2 Å². The van der Waals surface area contributed by atoms with E-state index in [-0.39, 0.29) is 12.5 Å². The molecule has 0 fully saturated rings. The van der Waals surface area contributed by atoms with Gasteiger partial charge in [-0.25, -0.2) is 0 Å². The number of aromatic nitrogens is 2. The van der Waals surface area contributed by atoms with Gasteiger partial charge in [-0.05, 0) is 49.2 Å². The number of amides is 1. The van der Waals surface area contributed by atoms with E-state index in [0.29, 0.717) is 6.61 Å². The van der Waals surface area contributed by atoms with Gasteiger partial charge in [0.15, 0.2) is 0 Å². The first-order valence-corrected chi connectivity index (χ1v) is 8.25. The van der Waals surface area contributed by atoms with Crippen molar-refractivity contribution in [1.82, 2.24) is 9.78 Å². The zero-order chi connectivity index (χ0) is 17.4. The van der Waals surface area contributed by atoms with Crippen LogP contribution in [-0.4, -0.2) is 15.7 Å². The molecule has 1 aliphatic rings. The lowest BCUT2D eigenvalue weighted by molar-refractivity contribution is -0.116. The summed E-state index contributed by atoms with van der Waals surface area (Å²) >= 11 is 0. The van der Waals surface area contributed by atoms with Gasteiger partial charge < -0.3 is 10.1 Å². The van der Waals surface area contributed by atoms with Gasteiger partial charge in [-0.15, -0.1) is 0 Å². The fourth-order valence-electron chi connectivity index (χ4n) is 3.29. The van der Waals surface area contributed by atoms with Crippen LogP contribution in [0.4, 0.5) is 5.69 Å². The topological polar surface area (TPSA) is 56.2 Å². The summed E-state index contributed by atoms with van der Waals surface area (Å²) in [5.74, 6) is 0.728. The van der Waals surface area contributed by atoms with Gasteiger partial charge in [0.25, 0.3) is 0 Å². The molecule has 0 spiro atoms. The maximum atomic E-state index is 12.5. The number of nitrogens with one attached hydrogen (secondary N) is 1. The third-order valence-electron chi connectivity index (χ3n) is 4.24. The average Bonchev–Trinajstić information content (AvgIpc) is 2.97. The van der Waals surface area contributed by atoms with Crippen LogP contribution in [0, 0.1) is 13.8 Å². The molecule has 1 aliphatic heterocycles. The number of nitrogens with zero attached hydrogens (tertiary/aromatic N) is 2. The molecule has 0 saturated heterocycles. The summed E-state index contributed by atoms with van der Waals surface area (Å²) in [6.07, 6.45) is 1.77. The van der Waals surface area contributed by atoms with Crippen molar-refractivity contribution in [1.29, 1.82) is 0 Å². The quantitative estimate of drug-likeness (QED) is 0.795. The zero-order valence-electron chi connectivity index (χ0n) is 14.2. The summed E-state index contributed by atoms with van der Waals surface area (Å²) in [5.41, 5.74) is 5.98. The molecule has 0 bridgehead atoms. The van der Waals surface area contributed by atoms with Crippen molar-refractivity contribution in [2.24, 2.45) is 0 Å². The van der Waals surface area contributed by atoms with Gasteiger partial charge in [-0.1, -0.05) is 18.2 Å². The molecular weight excluding hydrogens is 314 g/mol. The Kier molecular flexibility index (Phi) is 3.76. The first-order valence-electron chi connectivity index (χ1n) is 8.25. The van der Waals surface area contributed by atoms with E-state index < -0.39 is 0 Å². The molecule has 0 atom stereocenters. The van der Waals surface area contributed by atoms with E-state index in [4.69, 9.17) is 4.74 Å². The molecule has 0 unspecified atom stereocenters. The fraction of sp³-hybridized carbons (Fsp3) is 0.200. The second kappa shape index (κ2) is 6.09. The average molecular weight is 333 g/mol. The lowest BCUT2D eigenvalue weighted by Gasteiger charge is -2.19. The number of rotatable bonds is 3. The normalized spacial score (nSPS) is 12.1. The molecule has 0 saturated carbocycles. The minimum Gasteiger partial charge on any atom is -0.488 e. The predicted octanol–water partition coefficient (Wildman–Crippen LogP) is 3.70. The van der Waals surface area contributed by atoms with Gasteiger partial charge in [0.1, 0.15) is 18.9 Å². The number of aryl methyl sites for hydroxylation is 2. The van der Waals surface area contributed by atoms with E-state index in [1.54, 1.807) is 10.9 Å². The highest BCUT2D eigenvalue weighted by Crippen LogP contribution is 2.36. The lowest BCUT2D eigenvalue weighted by Crippen LogP contribution is -2.21. The molecule has 5 nitrogen and oxygen atoms in total. The van der Waals surface area contributed by atoms with Crippen LogP contribution in [0.15, 0.2) is 48.7 Å². The van der Waals surface area contributed by atoms with E-state index in [1.165, 1.54) is 0 Å². The molecule has 0 radical (unpaired) electrons. The van der Waals surface area contributed by atoms with E-state index in [9.17, 15) is 4.79 Å². The van der Waals surface area contributed by atoms with Gasteiger partial charge in [-0.3, -0.25) is 9.48 Å². The molecule has 2 heterocycles. The smallest absolute Gasteiger partial charge is 0.246 e. The van der Waals surface area contributed by atoms with Gasteiger partial charge in [0.05, 0.1) is 11.9 Å². The Morgan fingerprint density at radius 3 is 2.76 bits per heavy atom. The van der Waals surface area contributed by atoms with Crippen LogP contribution in [-0.2, 0) is 17.9 Å². The Morgan fingerprint density at radius 2 is 1.96 bits per heavy atom. The molecular formula is C20H19N3O2. The summed E-state index contributed by atoms with van der Waals surface area (Å²) in [5, 5.41) is 7.35. The lowest BCUT2D eigenvalue weighted by atomic mass is 10.0. The van der Waals surface area contributed by atoms with E-state index in [0.717, 1.165) is 39.4 Å². The second-order valence-corrected chi connectivity index (χ2v) is 6.39. The zero-order valence-corrected chi connectivity index (χ0v) is 14.2. The Hall–Kier alpha value is -3.08. The SMILES string of the molecule is Cc1cc(C)cc(NC(=O)Cn2ncc3c2-c2ccccc2OC3)c1. The largest absolute Gasteiger partial charge is 0.488 e. The van der Waals surface area contributed by atoms with Crippen LogP contribution >= 0.6 is 0 Å². The molecule has 1 N–H and O–H groups in total. The van der Waals surface area contributed by atoms with Crippen LogP contribution in [0.2, 0.25) is 0 Å². The molecule has 1 amide bonds. The standard InChI is InChI=1S/C20H19N3O2/c1-13-7-14(2)9-16(8-13)22-19(24)11-23-20-15(10-21-23)12-25-18-6-4-3-5-17(18)20/h3-10H,11-12H2,1-2H3,(H,22,24). The number of hydrogen-bond acceptors (Lipinski definition) is 3.